The van der Waals surface area contributed by atoms with E-state index in [1.165, 1.54) is 12.1 Å². The second kappa shape index (κ2) is 17.1. The molecule has 0 fully saturated rings. The van der Waals surface area contributed by atoms with Gasteiger partial charge < -0.3 is 31.1 Å². The molecule has 3 aromatic rings. The van der Waals surface area contributed by atoms with Gasteiger partial charge in [-0.1, -0.05) is 126 Å². The van der Waals surface area contributed by atoms with Gasteiger partial charge in [-0.3, -0.25) is 9.59 Å². The number of aromatic hydroxyl groups is 3. The molecular weight excluding hydrogens is 689 g/mol. The Balaban J connectivity index is 0.000000424. The summed E-state index contributed by atoms with van der Waals surface area (Å²) >= 11 is 0. The Bertz CT molecular complexity index is 2000. The zero-order valence-electron chi connectivity index (χ0n) is 35.1. The summed E-state index contributed by atoms with van der Waals surface area (Å²) in [5.41, 5.74) is 5.94. The molecule has 0 atom stereocenters. The molecule has 2 amide bonds. The van der Waals surface area contributed by atoms with Crippen LogP contribution in [0.15, 0.2) is 71.5 Å². The number of nitrogens with one attached hydrogen (secondary N) is 2. The average Bonchev–Trinajstić information content (AvgIpc) is 3.27. The second-order valence-corrected chi connectivity index (χ2v) is 18.3. The third-order valence-corrected chi connectivity index (χ3v) is 9.46. The van der Waals surface area contributed by atoms with Gasteiger partial charge >= 0.3 is 0 Å². The highest BCUT2D eigenvalue weighted by atomic mass is 16.3. The molecule has 6 N–H and O–H groups in total. The minimum absolute atomic E-state index is 0.0343. The average molecular weight is 751 g/mol. The molecule has 1 aliphatic carbocycles. The number of anilines is 2. The smallest absolute Gasteiger partial charge is 0.224 e. The lowest BCUT2D eigenvalue weighted by Crippen LogP contribution is -2.18. The number of hydrogen-bond acceptors (Lipinski definition) is 6. The maximum atomic E-state index is 12.8. The van der Waals surface area contributed by atoms with Crippen molar-refractivity contribution in [3.05, 3.63) is 88.2 Å². The van der Waals surface area contributed by atoms with Crippen molar-refractivity contribution in [3.63, 3.8) is 0 Å². The van der Waals surface area contributed by atoms with E-state index in [0.29, 0.717) is 47.6 Å². The Morgan fingerprint density at radius 1 is 0.655 bits per heavy atom. The van der Waals surface area contributed by atoms with Crippen LogP contribution in [-0.2, 0) is 26.8 Å². The maximum absolute atomic E-state index is 12.8. The fourth-order valence-corrected chi connectivity index (χ4v) is 6.09. The summed E-state index contributed by atoms with van der Waals surface area (Å²) < 4.78 is 0. The highest BCUT2D eigenvalue weighted by Crippen LogP contribution is 2.41. The van der Waals surface area contributed by atoms with Crippen LogP contribution in [-0.4, -0.2) is 32.2 Å². The van der Waals surface area contributed by atoms with Crippen molar-refractivity contribution in [2.24, 2.45) is 10.8 Å². The summed E-state index contributed by atoms with van der Waals surface area (Å²) in [6, 6.07) is 13.6. The number of aliphatic hydroxyl groups excluding tert-OH is 1. The van der Waals surface area contributed by atoms with Crippen molar-refractivity contribution in [1.29, 1.82) is 0 Å². The summed E-state index contributed by atoms with van der Waals surface area (Å²) in [6.45, 7) is 26.7. The molecule has 0 unspecified atom stereocenters. The molecule has 0 radical (unpaired) electrons. The quantitative estimate of drug-likeness (QED) is 0.105. The van der Waals surface area contributed by atoms with Crippen LogP contribution < -0.4 is 10.6 Å². The van der Waals surface area contributed by atoms with Gasteiger partial charge in [0.25, 0.3) is 0 Å². The van der Waals surface area contributed by atoms with Crippen LogP contribution in [0, 0.1) is 22.7 Å². The summed E-state index contributed by atoms with van der Waals surface area (Å²) in [7, 11) is 0. The lowest BCUT2D eigenvalue weighted by Gasteiger charge is -2.28. The van der Waals surface area contributed by atoms with E-state index in [4.69, 9.17) is 0 Å². The zero-order chi connectivity index (χ0) is 41.7. The molecule has 1 aliphatic rings. The SMILES string of the molecule is CC(C)(C)C1=CC#CCC(C(C)(C)C)=C1O.CCC(=O)Nc1ccc(-c2ccc(NC(=O)CCc3cc(C(C)(C)C)c(O)c(C(C)(C)C)c3)c(O)c2)cc1O. The molecule has 0 saturated heterocycles. The molecule has 55 heavy (non-hydrogen) atoms. The first-order valence-electron chi connectivity index (χ1n) is 19.0. The van der Waals surface area contributed by atoms with Gasteiger partial charge in [0.2, 0.25) is 11.8 Å². The van der Waals surface area contributed by atoms with Gasteiger partial charge in [-0.05, 0) is 91.8 Å². The highest BCUT2D eigenvalue weighted by Gasteiger charge is 2.29. The van der Waals surface area contributed by atoms with Gasteiger partial charge in [0.15, 0.2) is 0 Å². The molecule has 3 aromatic carbocycles. The van der Waals surface area contributed by atoms with Gasteiger partial charge in [0, 0.05) is 24.8 Å². The normalized spacial score (nSPS) is 13.4. The van der Waals surface area contributed by atoms with Crippen molar-refractivity contribution in [2.45, 2.75) is 127 Å². The Hall–Kier alpha value is -5.16. The minimum Gasteiger partial charge on any atom is -0.508 e. The van der Waals surface area contributed by atoms with Gasteiger partial charge in [0.1, 0.15) is 23.0 Å². The number of carbonyl (C=O) groups excluding carboxylic acids is 2. The lowest BCUT2D eigenvalue weighted by atomic mass is 9.78. The number of phenols is 3. The second-order valence-electron chi connectivity index (χ2n) is 18.3. The highest BCUT2D eigenvalue weighted by molar-refractivity contribution is 5.94. The fourth-order valence-electron chi connectivity index (χ4n) is 6.09. The monoisotopic (exact) mass is 750 g/mol. The number of phenolic OH excluding ortho intramolecular Hbond substituents is 3. The Morgan fingerprint density at radius 2 is 1.13 bits per heavy atom. The van der Waals surface area contributed by atoms with Crippen LogP contribution in [0.5, 0.6) is 17.2 Å². The number of aliphatic hydroxyl groups is 1. The Labute approximate surface area is 328 Å². The van der Waals surface area contributed by atoms with E-state index in [0.717, 1.165) is 27.8 Å². The van der Waals surface area contributed by atoms with Crippen molar-refractivity contribution in [1.82, 2.24) is 0 Å². The van der Waals surface area contributed by atoms with Crippen LogP contribution in [0.3, 0.4) is 0 Å². The van der Waals surface area contributed by atoms with Crippen molar-refractivity contribution in [2.75, 3.05) is 10.6 Å². The summed E-state index contributed by atoms with van der Waals surface area (Å²) in [5.74, 6) is 6.23. The first-order valence-corrected chi connectivity index (χ1v) is 19.0. The summed E-state index contributed by atoms with van der Waals surface area (Å²) in [5, 5.41) is 47.6. The van der Waals surface area contributed by atoms with Crippen LogP contribution in [0.2, 0.25) is 0 Å². The molecule has 8 nitrogen and oxygen atoms in total. The lowest BCUT2D eigenvalue weighted by molar-refractivity contribution is -0.116. The van der Waals surface area contributed by atoms with Crippen LogP contribution in [0.1, 0.15) is 126 Å². The molecule has 0 bridgehead atoms. The van der Waals surface area contributed by atoms with Crippen LogP contribution in [0.25, 0.3) is 11.1 Å². The third kappa shape index (κ3) is 11.9. The Kier molecular flexibility index (Phi) is 13.8. The predicted molar refractivity (Wildman–Crippen MR) is 226 cm³/mol. The number of benzene rings is 3. The van der Waals surface area contributed by atoms with Crippen LogP contribution in [0.4, 0.5) is 11.4 Å². The van der Waals surface area contributed by atoms with Gasteiger partial charge in [-0.15, -0.1) is 0 Å². The first kappa shape index (κ1) is 44.2. The number of rotatable bonds is 7. The largest absolute Gasteiger partial charge is 0.508 e. The van der Waals surface area contributed by atoms with Gasteiger partial charge in [0.05, 0.1) is 11.4 Å². The van der Waals surface area contributed by atoms with E-state index in [1.807, 2.05) is 18.2 Å². The number of carbonyl (C=O) groups is 2. The van der Waals surface area contributed by atoms with Crippen molar-refractivity contribution < 1.29 is 30.0 Å². The summed E-state index contributed by atoms with van der Waals surface area (Å²) in [6.07, 6.45) is 3.50. The predicted octanol–water partition coefficient (Wildman–Crippen LogP) is 11.2. The van der Waals surface area contributed by atoms with E-state index < -0.39 is 0 Å². The van der Waals surface area contributed by atoms with Crippen molar-refractivity contribution in [3.8, 4) is 40.2 Å². The Morgan fingerprint density at radius 3 is 1.53 bits per heavy atom. The topological polar surface area (TPSA) is 139 Å². The van der Waals surface area contributed by atoms with E-state index in [-0.39, 0.29) is 57.1 Å². The van der Waals surface area contributed by atoms with Gasteiger partial charge in [-0.2, -0.15) is 0 Å². The molecule has 0 saturated carbocycles. The number of hydrogen-bond donors (Lipinski definition) is 6. The third-order valence-electron chi connectivity index (χ3n) is 9.46. The van der Waals surface area contributed by atoms with E-state index >= 15 is 0 Å². The maximum Gasteiger partial charge on any atom is 0.224 e. The van der Waals surface area contributed by atoms with Gasteiger partial charge in [-0.25, -0.2) is 0 Å². The first-order chi connectivity index (χ1) is 25.2. The van der Waals surface area contributed by atoms with E-state index in [9.17, 15) is 30.0 Å². The standard InChI is InChI=1S/C32H40N2O5.C15H22O/c1-8-28(37)33-24-12-10-20(17-26(24)35)21-11-13-25(27(36)18-21)34-29(38)14-9-19-15-22(31(2,3)4)30(39)23(16-19)32(5,6)7;1-14(2,3)11-9-7-8-10-12(13(11)16)15(4,5)6/h10-13,15-18,35-36,39H,8-9,14H2,1-7H3,(H,33,37)(H,34,38);9,16H,10H2,1-6H3. The number of amides is 2. The molecule has 8 heteroatoms. The minimum atomic E-state index is -0.254. The fraction of sp³-hybridized carbons (Fsp3) is 0.447. The van der Waals surface area contributed by atoms with Crippen molar-refractivity contribution >= 4 is 23.2 Å². The molecule has 0 heterocycles. The number of aryl methyl sites for hydroxylation is 1. The molecule has 0 aliphatic heterocycles. The molecule has 4 rings (SSSR count). The molecule has 0 spiro atoms. The number of allylic oxidation sites excluding steroid dienone is 3. The van der Waals surface area contributed by atoms with Crippen LogP contribution >= 0.6 is 0 Å². The van der Waals surface area contributed by atoms with E-state index in [1.54, 1.807) is 31.2 Å². The molecule has 296 valence electrons. The van der Waals surface area contributed by atoms with E-state index in [2.05, 4.69) is 106 Å². The zero-order valence-corrected chi connectivity index (χ0v) is 35.1. The summed E-state index contributed by atoms with van der Waals surface area (Å²) in [4.78, 5) is 24.4. The molecular formula is C47H62N2O6. The molecule has 0 aromatic heterocycles.